The van der Waals surface area contributed by atoms with E-state index in [1.54, 1.807) is 0 Å². The molecular formula is C15H13ClFNO2. The highest BCUT2D eigenvalue weighted by Gasteiger charge is 2.26. The molecule has 1 atom stereocenters. The monoisotopic (exact) mass is 293 g/mol. The fourth-order valence-corrected chi connectivity index (χ4v) is 3.11. The average Bonchev–Trinajstić information content (AvgIpc) is 2.38. The summed E-state index contributed by atoms with van der Waals surface area (Å²) in [6, 6.07) is 2.58. The van der Waals surface area contributed by atoms with Gasteiger partial charge in [0.25, 0.3) is 0 Å². The Kier molecular flexibility index (Phi) is 3.13. The molecule has 1 N–H and O–H groups in total. The Balaban J connectivity index is 2.44. The van der Waals surface area contributed by atoms with Gasteiger partial charge in [-0.05, 0) is 36.8 Å². The number of halogens is 2. The number of aromatic nitrogens is 1. The van der Waals surface area contributed by atoms with E-state index in [0.717, 1.165) is 24.1 Å². The van der Waals surface area contributed by atoms with Crippen LogP contribution in [0.1, 0.15) is 47.3 Å². The lowest BCUT2D eigenvalue weighted by atomic mass is 9.84. The third kappa shape index (κ3) is 1.95. The van der Waals surface area contributed by atoms with Crippen molar-refractivity contribution in [1.82, 2.24) is 4.98 Å². The number of fused-ring (bicyclic) bond motifs is 2. The first-order valence-electron chi connectivity index (χ1n) is 6.54. The number of hydrogen-bond acceptors (Lipinski definition) is 2. The van der Waals surface area contributed by atoms with E-state index in [9.17, 15) is 14.3 Å². The Hall–Kier alpha value is -1.68. The van der Waals surface area contributed by atoms with Crippen LogP contribution in [0.5, 0.6) is 0 Å². The molecule has 3 rings (SSSR count). The van der Waals surface area contributed by atoms with Gasteiger partial charge in [0.1, 0.15) is 5.82 Å². The summed E-state index contributed by atoms with van der Waals surface area (Å²) in [5, 5.41) is 9.86. The Morgan fingerprint density at radius 2 is 2.25 bits per heavy atom. The van der Waals surface area contributed by atoms with Crippen molar-refractivity contribution in [3.8, 4) is 0 Å². The van der Waals surface area contributed by atoms with E-state index in [1.165, 1.54) is 12.1 Å². The number of rotatable bonds is 1. The van der Waals surface area contributed by atoms with Crippen LogP contribution in [0.4, 0.5) is 4.39 Å². The molecule has 0 amide bonds. The van der Waals surface area contributed by atoms with Crippen LogP contribution in [0, 0.1) is 5.82 Å². The quantitative estimate of drug-likeness (QED) is 0.858. The molecule has 0 saturated carbocycles. The van der Waals surface area contributed by atoms with E-state index in [2.05, 4.69) is 4.98 Å². The summed E-state index contributed by atoms with van der Waals surface area (Å²) in [7, 11) is 0. The third-order valence-corrected chi connectivity index (χ3v) is 4.19. The highest BCUT2D eigenvalue weighted by atomic mass is 35.5. The summed E-state index contributed by atoms with van der Waals surface area (Å²) in [6.45, 7) is 2.02. The van der Waals surface area contributed by atoms with Crippen molar-refractivity contribution in [2.24, 2.45) is 0 Å². The molecule has 0 fully saturated rings. The highest BCUT2D eigenvalue weighted by molar-refractivity contribution is 6.31. The lowest BCUT2D eigenvalue weighted by molar-refractivity contribution is 0.0697. The highest BCUT2D eigenvalue weighted by Crippen LogP contribution is 2.36. The standard InChI is InChI=1S/C15H13ClFNO2/c1-7-3-2-4-8-13(15(19)20)9-5-10(16)11(17)6-12(9)18-14(7)8/h5-7H,2-4H2,1H3,(H,19,20). The summed E-state index contributed by atoms with van der Waals surface area (Å²) in [4.78, 5) is 16.1. The first kappa shape index (κ1) is 13.3. The predicted molar refractivity (Wildman–Crippen MR) is 75.0 cm³/mol. The molecule has 5 heteroatoms. The van der Waals surface area contributed by atoms with Gasteiger partial charge in [0.2, 0.25) is 0 Å². The van der Waals surface area contributed by atoms with Crippen LogP contribution in [-0.4, -0.2) is 16.1 Å². The maximum absolute atomic E-state index is 13.6. The normalized spacial score (nSPS) is 18.1. The van der Waals surface area contributed by atoms with Crippen LogP contribution in [0.25, 0.3) is 10.9 Å². The van der Waals surface area contributed by atoms with Gasteiger partial charge < -0.3 is 5.11 Å². The second-order valence-corrected chi connectivity index (χ2v) is 5.64. The summed E-state index contributed by atoms with van der Waals surface area (Å²) in [5.74, 6) is -1.39. The van der Waals surface area contributed by atoms with Crippen molar-refractivity contribution >= 4 is 28.5 Å². The zero-order valence-corrected chi connectivity index (χ0v) is 11.7. The van der Waals surface area contributed by atoms with Crippen LogP contribution in [0.15, 0.2) is 12.1 Å². The van der Waals surface area contributed by atoms with E-state index in [-0.39, 0.29) is 16.5 Å². The molecule has 0 spiro atoms. The van der Waals surface area contributed by atoms with E-state index in [0.29, 0.717) is 17.3 Å². The predicted octanol–water partition coefficient (Wildman–Crippen LogP) is 4.17. The van der Waals surface area contributed by atoms with Crippen molar-refractivity contribution < 1.29 is 14.3 Å². The van der Waals surface area contributed by atoms with Crippen LogP contribution >= 0.6 is 11.6 Å². The second-order valence-electron chi connectivity index (χ2n) is 5.23. The van der Waals surface area contributed by atoms with Crippen molar-refractivity contribution in [3.63, 3.8) is 0 Å². The average molecular weight is 294 g/mol. The van der Waals surface area contributed by atoms with Crippen LogP contribution < -0.4 is 0 Å². The van der Waals surface area contributed by atoms with Crippen molar-refractivity contribution in [3.05, 3.63) is 39.8 Å². The van der Waals surface area contributed by atoms with Gasteiger partial charge in [0, 0.05) is 17.1 Å². The Labute approximate surface area is 120 Å². The number of hydrogen-bond donors (Lipinski definition) is 1. The fourth-order valence-electron chi connectivity index (χ4n) is 2.94. The van der Waals surface area contributed by atoms with Crippen molar-refractivity contribution in [2.75, 3.05) is 0 Å². The van der Waals surface area contributed by atoms with E-state index in [1.807, 2.05) is 6.92 Å². The van der Waals surface area contributed by atoms with Crippen molar-refractivity contribution in [1.29, 1.82) is 0 Å². The SMILES string of the molecule is CC1CCCc2c1nc1cc(F)c(Cl)cc1c2C(=O)O. The zero-order valence-electron chi connectivity index (χ0n) is 10.9. The van der Waals surface area contributed by atoms with Gasteiger partial charge in [-0.2, -0.15) is 0 Å². The number of carboxylic acids is 1. The van der Waals surface area contributed by atoms with Crippen molar-refractivity contribution in [2.45, 2.75) is 32.1 Å². The van der Waals surface area contributed by atoms with Gasteiger partial charge in [0.05, 0.1) is 16.1 Å². The van der Waals surface area contributed by atoms with E-state index >= 15 is 0 Å². The summed E-state index contributed by atoms with van der Waals surface area (Å²) >= 11 is 5.78. The number of pyridine rings is 1. The molecule has 0 saturated heterocycles. The summed E-state index contributed by atoms with van der Waals surface area (Å²) < 4.78 is 13.6. The number of aromatic carboxylic acids is 1. The second kappa shape index (κ2) is 4.70. The molecule has 1 aliphatic rings. The molecule has 1 aromatic carbocycles. The molecule has 1 aromatic heterocycles. The van der Waals surface area contributed by atoms with Gasteiger partial charge in [0.15, 0.2) is 0 Å². The molecule has 104 valence electrons. The molecule has 1 unspecified atom stereocenters. The zero-order chi connectivity index (χ0) is 14.4. The van der Waals surface area contributed by atoms with E-state index < -0.39 is 11.8 Å². The molecule has 2 aromatic rings. The lowest BCUT2D eigenvalue weighted by Crippen LogP contribution is -2.15. The minimum Gasteiger partial charge on any atom is -0.478 e. The molecular weight excluding hydrogens is 281 g/mol. The minimum atomic E-state index is -1.01. The molecule has 1 heterocycles. The Morgan fingerprint density at radius 1 is 1.50 bits per heavy atom. The lowest BCUT2D eigenvalue weighted by Gasteiger charge is -2.24. The van der Waals surface area contributed by atoms with E-state index in [4.69, 9.17) is 11.6 Å². The Bertz CT molecular complexity index is 730. The maximum Gasteiger partial charge on any atom is 0.336 e. The minimum absolute atomic E-state index is 0.0781. The van der Waals surface area contributed by atoms with Gasteiger partial charge in [-0.3, -0.25) is 4.98 Å². The number of nitrogens with zero attached hydrogens (tertiary/aromatic N) is 1. The third-order valence-electron chi connectivity index (χ3n) is 3.90. The first-order chi connectivity index (χ1) is 9.49. The Morgan fingerprint density at radius 3 is 2.95 bits per heavy atom. The topological polar surface area (TPSA) is 50.2 Å². The number of carboxylic acid groups (broad SMARTS) is 1. The largest absolute Gasteiger partial charge is 0.478 e. The van der Waals surface area contributed by atoms with Gasteiger partial charge in [-0.25, -0.2) is 9.18 Å². The molecule has 0 aliphatic heterocycles. The van der Waals surface area contributed by atoms with Gasteiger partial charge in [-0.15, -0.1) is 0 Å². The molecule has 1 aliphatic carbocycles. The van der Waals surface area contributed by atoms with Crippen LogP contribution in [0.2, 0.25) is 5.02 Å². The van der Waals surface area contributed by atoms with Gasteiger partial charge >= 0.3 is 5.97 Å². The fraction of sp³-hybridized carbons (Fsp3) is 0.333. The number of carbonyl (C=O) groups is 1. The summed E-state index contributed by atoms with van der Waals surface area (Å²) in [6.07, 6.45) is 2.61. The first-order valence-corrected chi connectivity index (χ1v) is 6.91. The molecule has 0 radical (unpaired) electrons. The van der Waals surface area contributed by atoms with Gasteiger partial charge in [-0.1, -0.05) is 18.5 Å². The molecule has 3 nitrogen and oxygen atoms in total. The number of benzene rings is 1. The maximum atomic E-state index is 13.6. The smallest absolute Gasteiger partial charge is 0.336 e. The van der Waals surface area contributed by atoms with Crippen LogP contribution in [-0.2, 0) is 6.42 Å². The molecule has 20 heavy (non-hydrogen) atoms. The molecule has 0 bridgehead atoms. The summed E-state index contributed by atoms with van der Waals surface area (Å²) in [5.41, 5.74) is 2.13. The van der Waals surface area contributed by atoms with Crippen LogP contribution in [0.3, 0.4) is 0 Å².